The zero-order valence-corrected chi connectivity index (χ0v) is 17.3. The lowest BCUT2D eigenvalue weighted by Gasteiger charge is -2.21. The molecule has 1 aliphatic heterocycles. The maximum atomic E-state index is 12.5. The number of hydroxylamine groups is 1. The molecule has 1 atom stereocenters. The van der Waals surface area contributed by atoms with Crippen LogP contribution in [0.2, 0.25) is 0 Å². The monoisotopic (exact) mass is 429 g/mol. The third kappa shape index (κ3) is 5.12. The van der Waals surface area contributed by atoms with Gasteiger partial charge in [-0.3, -0.25) is 19.3 Å². The van der Waals surface area contributed by atoms with E-state index in [9.17, 15) is 18.4 Å². The number of amides is 2. The van der Waals surface area contributed by atoms with Crippen molar-refractivity contribution in [3.8, 4) is 0 Å². The minimum absolute atomic E-state index is 0.0454. The average Bonchev–Trinajstić information content (AvgIpc) is 3.08. The van der Waals surface area contributed by atoms with Crippen molar-refractivity contribution >= 4 is 34.5 Å². The van der Waals surface area contributed by atoms with Crippen LogP contribution in [0, 0.1) is 6.92 Å². The van der Waals surface area contributed by atoms with Crippen molar-refractivity contribution in [2.24, 2.45) is 0 Å². The van der Waals surface area contributed by atoms with Gasteiger partial charge < -0.3 is 4.90 Å². The van der Waals surface area contributed by atoms with Gasteiger partial charge >= 0.3 is 0 Å². The molecular weight excluding hydrogens is 406 g/mol. The number of carbonyl (C=O) groups is 2. The van der Waals surface area contributed by atoms with Crippen molar-refractivity contribution in [1.82, 2.24) is 10.4 Å². The predicted octanol–water partition coefficient (Wildman–Crippen LogP) is 2.82. The molecule has 9 heteroatoms. The van der Waals surface area contributed by atoms with Gasteiger partial charge in [0, 0.05) is 25.1 Å². The lowest BCUT2D eigenvalue weighted by atomic mass is 10.1. The zero-order valence-electron chi connectivity index (χ0n) is 16.4. The van der Waals surface area contributed by atoms with E-state index in [1.165, 1.54) is 4.31 Å². The highest BCUT2D eigenvalue weighted by molar-refractivity contribution is 7.81. The first-order valence-corrected chi connectivity index (χ1v) is 10.4. The summed E-state index contributed by atoms with van der Waals surface area (Å²) in [6.07, 6.45) is 2.10. The average molecular weight is 429 g/mol. The van der Waals surface area contributed by atoms with Crippen LogP contribution in [0.1, 0.15) is 24.0 Å². The molecule has 3 rings (SSSR count). The zero-order chi connectivity index (χ0) is 21.7. The summed E-state index contributed by atoms with van der Waals surface area (Å²) in [5.74, 6) is -0.667. The Kier molecular flexibility index (Phi) is 6.99. The van der Waals surface area contributed by atoms with E-state index >= 15 is 0 Å². The molecule has 0 saturated heterocycles. The van der Waals surface area contributed by atoms with E-state index in [1.54, 1.807) is 40.7 Å². The molecule has 2 aromatic carbocycles. The van der Waals surface area contributed by atoms with Crippen molar-refractivity contribution < 1.29 is 23.6 Å². The molecule has 3 N–H and O–H groups in total. The Morgan fingerprint density at radius 3 is 2.30 bits per heavy atom. The molecule has 0 bridgehead atoms. The molecule has 8 nitrogen and oxygen atoms in total. The molecule has 0 aromatic heterocycles. The standard InChI is InChI=1S/C21H23N3O5S/c1-15-2-7-18(8-3-15)24(30(28)29)19-9-4-16(5-10-19)14-23-13-12-17(21(23)26)6-11-20(25)22-27/h2-5,7-10,12,27H,6,11,13-14H2,1H3,(H,22,25)(H,28,29). The van der Waals surface area contributed by atoms with Gasteiger partial charge in [-0.1, -0.05) is 35.9 Å². The van der Waals surface area contributed by atoms with Gasteiger partial charge in [-0.25, -0.2) is 14.0 Å². The van der Waals surface area contributed by atoms with Gasteiger partial charge in [0.1, 0.15) is 0 Å². The maximum absolute atomic E-state index is 12.5. The van der Waals surface area contributed by atoms with Gasteiger partial charge in [-0.15, -0.1) is 0 Å². The summed E-state index contributed by atoms with van der Waals surface area (Å²) in [5.41, 5.74) is 5.20. The normalized spacial score (nSPS) is 14.4. The Bertz CT molecular complexity index is 973. The van der Waals surface area contributed by atoms with Gasteiger partial charge in [0.2, 0.25) is 11.8 Å². The molecule has 158 valence electrons. The highest BCUT2D eigenvalue weighted by Gasteiger charge is 2.24. The van der Waals surface area contributed by atoms with Crippen LogP contribution in [0.4, 0.5) is 11.4 Å². The van der Waals surface area contributed by atoms with E-state index in [0.29, 0.717) is 30.0 Å². The van der Waals surface area contributed by atoms with Crippen LogP contribution in [0.15, 0.2) is 60.2 Å². The third-order valence-electron chi connectivity index (χ3n) is 4.84. The number of benzene rings is 2. The second-order valence-electron chi connectivity index (χ2n) is 6.98. The first kappa shape index (κ1) is 21.7. The fourth-order valence-corrected chi connectivity index (χ4v) is 3.81. The topological polar surface area (TPSA) is 110 Å². The number of nitrogens with one attached hydrogen (secondary N) is 1. The van der Waals surface area contributed by atoms with Crippen molar-refractivity contribution in [3.63, 3.8) is 0 Å². The molecule has 0 saturated carbocycles. The van der Waals surface area contributed by atoms with Crippen molar-refractivity contribution in [2.45, 2.75) is 26.3 Å². The van der Waals surface area contributed by atoms with Crippen LogP contribution in [0.3, 0.4) is 0 Å². The van der Waals surface area contributed by atoms with Crippen molar-refractivity contribution in [3.05, 3.63) is 71.3 Å². The second kappa shape index (κ2) is 9.66. The Hall–Kier alpha value is -3.01. The van der Waals surface area contributed by atoms with Crippen LogP contribution < -0.4 is 9.79 Å². The largest absolute Gasteiger partial charge is 0.331 e. The summed E-state index contributed by atoms with van der Waals surface area (Å²) in [6.45, 7) is 2.78. The lowest BCUT2D eigenvalue weighted by molar-refractivity contribution is -0.129. The number of hydrogen-bond donors (Lipinski definition) is 3. The fourth-order valence-electron chi connectivity index (χ4n) is 3.21. The summed E-state index contributed by atoms with van der Waals surface area (Å²) >= 11 is -2.23. The lowest BCUT2D eigenvalue weighted by Crippen LogP contribution is -2.27. The molecule has 2 amide bonds. The van der Waals surface area contributed by atoms with Crippen molar-refractivity contribution in [2.75, 3.05) is 10.8 Å². The van der Waals surface area contributed by atoms with Crippen LogP contribution in [0.5, 0.6) is 0 Å². The number of carbonyl (C=O) groups excluding carboxylic acids is 2. The maximum Gasteiger partial charge on any atom is 0.266 e. The number of nitrogens with zero attached hydrogens (tertiary/aromatic N) is 2. The summed E-state index contributed by atoms with van der Waals surface area (Å²) in [5, 5.41) is 8.55. The predicted molar refractivity (Wildman–Crippen MR) is 113 cm³/mol. The Morgan fingerprint density at radius 1 is 1.13 bits per heavy atom. The minimum Gasteiger partial charge on any atom is -0.331 e. The highest BCUT2D eigenvalue weighted by Crippen LogP contribution is 2.28. The van der Waals surface area contributed by atoms with Gasteiger partial charge in [-0.05, 0) is 43.2 Å². The van der Waals surface area contributed by atoms with Crippen LogP contribution in [0.25, 0.3) is 0 Å². The molecule has 1 unspecified atom stereocenters. The van der Waals surface area contributed by atoms with Crippen LogP contribution in [-0.4, -0.2) is 37.2 Å². The second-order valence-corrected chi connectivity index (χ2v) is 7.80. The van der Waals surface area contributed by atoms with E-state index in [4.69, 9.17) is 5.21 Å². The van der Waals surface area contributed by atoms with E-state index < -0.39 is 17.2 Å². The Labute approximate surface area is 177 Å². The number of anilines is 2. The molecule has 0 radical (unpaired) electrons. The molecule has 0 spiro atoms. The van der Waals surface area contributed by atoms with E-state index in [2.05, 4.69) is 0 Å². The highest BCUT2D eigenvalue weighted by atomic mass is 32.2. The van der Waals surface area contributed by atoms with E-state index in [-0.39, 0.29) is 18.7 Å². The smallest absolute Gasteiger partial charge is 0.266 e. The Balaban J connectivity index is 1.66. The molecule has 0 fully saturated rings. The van der Waals surface area contributed by atoms with Gasteiger partial charge in [0.05, 0.1) is 11.4 Å². The molecular formula is C21H23N3O5S. The minimum atomic E-state index is -2.23. The van der Waals surface area contributed by atoms with Crippen LogP contribution in [-0.2, 0) is 27.4 Å². The summed E-state index contributed by atoms with van der Waals surface area (Å²) in [4.78, 5) is 25.3. The van der Waals surface area contributed by atoms with Crippen LogP contribution >= 0.6 is 0 Å². The van der Waals surface area contributed by atoms with E-state index in [1.807, 2.05) is 31.2 Å². The Morgan fingerprint density at radius 2 is 1.73 bits per heavy atom. The first-order chi connectivity index (χ1) is 14.4. The number of aryl methyl sites for hydroxylation is 1. The van der Waals surface area contributed by atoms with Gasteiger partial charge in [0.25, 0.3) is 11.3 Å². The first-order valence-electron chi connectivity index (χ1n) is 9.37. The van der Waals surface area contributed by atoms with Gasteiger partial charge in [-0.2, -0.15) is 0 Å². The quantitative estimate of drug-likeness (QED) is 0.340. The third-order valence-corrected chi connectivity index (χ3v) is 5.57. The number of hydrogen-bond acceptors (Lipinski definition) is 4. The molecule has 1 aliphatic rings. The molecule has 30 heavy (non-hydrogen) atoms. The molecule has 0 aliphatic carbocycles. The summed E-state index contributed by atoms with van der Waals surface area (Å²) in [7, 11) is 0. The SMILES string of the molecule is Cc1ccc(N(c2ccc(CN3CC=C(CCC(=O)NO)C3=O)cc2)S(=O)O)cc1. The molecule has 1 heterocycles. The van der Waals surface area contributed by atoms with Crippen molar-refractivity contribution in [1.29, 1.82) is 0 Å². The summed E-state index contributed by atoms with van der Waals surface area (Å²) < 4.78 is 23.0. The summed E-state index contributed by atoms with van der Waals surface area (Å²) in [6, 6.07) is 14.4. The van der Waals surface area contributed by atoms with Gasteiger partial charge in [0.15, 0.2) is 0 Å². The fraction of sp³-hybridized carbons (Fsp3) is 0.238. The molecule has 2 aromatic rings. The number of rotatable bonds is 8. The van der Waals surface area contributed by atoms with E-state index in [0.717, 1.165) is 11.1 Å².